The fourth-order valence-electron chi connectivity index (χ4n) is 3.40. The summed E-state index contributed by atoms with van der Waals surface area (Å²) in [5.74, 6) is -1.82. The van der Waals surface area contributed by atoms with Crippen LogP contribution in [0.5, 0.6) is 5.75 Å². The van der Waals surface area contributed by atoms with Crippen LogP contribution < -0.4 is 15.4 Å². The number of nitrogens with zero attached hydrogens (tertiary/aromatic N) is 1. The minimum absolute atomic E-state index is 0.101. The molecule has 1 fully saturated rings. The number of amides is 4. The van der Waals surface area contributed by atoms with E-state index in [9.17, 15) is 23.6 Å². The highest BCUT2D eigenvalue weighted by Gasteiger charge is 2.36. The van der Waals surface area contributed by atoms with Crippen molar-refractivity contribution in [3.05, 3.63) is 94.6 Å². The SMILES string of the molecule is Cc1ccc(NC(=O)COc2ccccc2/C=C2/SC(=O)N(CC(=O)Nc3cccc(F)c3)C2=O)cc1. The number of ether oxygens (including phenoxy) is 1. The summed E-state index contributed by atoms with van der Waals surface area (Å²) >= 11 is 0.687. The number of hydrogen-bond acceptors (Lipinski definition) is 6. The molecule has 0 unspecified atom stereocenters. The molecule has 1 aliphatic rings. The van der Waals surface area contributed by atoms with Gasteiger partial charge in [-0.25, -0.2) is 4.39 Å². The Morgan fingerprint density at radius 2 is 1.68 bits per heavy atom. The second-order valence-electron chi connectivity index (χ2n) is 8.07. The lowest BCUT2D eigenvalue weighted by molar-refractivity contribution is -0.127. The first-order chi connectivity index (χ1) is 17.8. The van der Waals surface area contributed by atoms with Gasteiger partial charge in [0.1, 0.15) is 18.1 Å². The summed E-state index contributed by atoms with van der Waals surface area (Å²) in [6, 6.07) is 19.4. The molecule has 2 N–H and O–H groups in total. The molecule has 0 spiro atoms. The number of aryl methyl sites for hydroxylation is 1. The molecule has 3 aromatic carbocycles. The molecule has 1 aliphatic heterocycles. The van der Waals surface area contributed by atoms with E-state index in [2.05, 4.69) is 10.6 Å². The van der Waals surface area contributed by atoms with Gasteiger partial charge in [0.25, 0.3) is 17.1 Å². The molecule has 37 heavy (non-hydrogen) atoms. The second kappa shape index (κ2) is 11.5. The number of carbonyl (C=O) groups excluding carboxylic acids is 4. The van der Waals surface area contributed by atoms with Crippen LogP contribution in [0.15, 0.2) is 77.7 Å². The smallest absolute Gasteiger partial charge is 0.294 e. The van der Waals surface area contributed by atoms with Crippen molar-refractivity contribution in [3.8, 4) is 5.75 Å². The Morgan fingerprint density at radius 3 is 2.43 bits per heavy atom. The molecule has 1 heterocycles. The molecule has 8 nitrogen and oxygen atoms in total. The summed E-state index contributed by atoms with van der Waals surface area (Å²) in [7, 11) is 0. The third kappa shape index (κ3) is 6.83. The second-order valence-corrected chi connectivity index (χ2v) is 9.06. The fraction of sp³-hybridized carbons (Fsp3) is 0.111. The zero-order chi connectivity index (χ0) is 26.4. The van der Waals surface area contributed by atoms with Crippen LogP contribution in [0.1, 0.15) is 11.1 Å². The first-order valence-corrected chi connectivity index (χ1v) is 12.0. The lowest BCUT2D eigenvalue weighted by Crippen LogP contribution is -2.36. The number of thioether (sulfide) groups is 1. The highest BCUT2D eigenvalue weighted by molar-refractivity contribution is 8.18. The highest BCUT2D eigenvalue weighted by atomic mass is 32.2. The van der Waals surface area contributed by atoms with E-state index in [1.165, 1.54) is 24.3 Å². The van der Waals surface area contributed by atoms with Crippen molar-refractivity contribution < 1.29 is 28.3 Å². The maximum absolute atomic E-state index is 13.3. The van der Waals surface area contributed by atoms with Crippen LogP contribution in [0.3, 0.4) is 0 Å². The Morgan fingerprint density at radius 1 is 0.946 bits per heavy atom. The summed E-state index contributed by atoms with van der Waals surface area (Å²) in [5, 5.41) is 4.59. The van der Waals surface area contributed by atoms with Crippen molar-refractivity contribution in [3.63, 3.8) is 0 Å². The van der Waals surface area contributed by atoms with Gasteiger partial charge >= 0.3 is 0 Å². The summed E-state index contributed by atoms with van der Waals surface area (Å²) in [5.41, 5.74) is 2.41. The van der Waals surface area contributed by atoms with E-state index in [-0.39, 0.29) is 23.1 Å². The summed E-state index contributed by atoms with van der Waals surface area (Å²) < 4.78 is 19.0. The monoisotopic (exact) mass is 519 g/mol. The van der Waals surface area contributed by atoms with E-state index in [4.69, 9.17) is 4.74 Å². The lowest BCUT2D eigenvalue weighted by Gasteiger charge is -2.12. The van der Waals surface area contributed by atoms with E-state index in [0.717, 1.165) is 16.5 Å². The molecule has 0 aromatic heterocycles. The van der Waals surface area contributed by atoms with Crippen molar-refractivity contribution in [1.82, 2.24) is 4.90 Å². The predicted octanol–water partition coefficient (Wildman–Crippen LogP) is 4.83. The Labute approximate surface area is 216 Å². The number of hydrogen-bond donors (Lipinski definition) is 2. The van der Waals surface area contributed by atoms with Gasteiger partial charge in [0.2, 0.25) is 5.91 Å². The number of rotatable bonds is 8. The van der Waals surface area contributed by atoms with Crippen molar-refractivity contribution in [1.29, 1.82) is 0 Å². The fourth-order valence-corrected chi connectivity index (χ4v) is 4.23. The standard InChI is InChI=1S/C27H22FN3O5S/c1-17-9-11-20(12-10-17)29-25(33)16-36-22-8-3-2-5-18(22)13-23-26(34)31(27(35)37-23)15-24(32)30-21-7-4-6-19(28)14-21/h2-14H,15-16H2,1H3,(H,29,33)(H,30,32)/b23-13+. The van der Waals surface area contributed by atoms with Gasteiger partial charge in [-0.3, -0.25) is 24.1 Å². The van der Waals surface area contributed by atoms with Crippen LogP contribution in [0, 0.1) is 12.7 Å². The Balaban J connectivity index is 1.39. The molecule has 0 radical (unpaired) electrons. The van der Waals surface area contributed by atoms with E-state index >= 15 is 0 Å². The highest BCUT2D eigenvalue weighted by Crippen LogP contribution is 2.34. The first kappa shape index (κ1) is 25.6. The van der Waals surface area contributed by atoms with Crippen LogP contribution >= 0.6 is 11.8 Å². The number of carbonyl (C=O) groups is 4. The zero-order valence-electron chi connectivity index (χ0n) is 19.7. The van der Waals surface area contributed by atoms with Crippen LogP contribution in [0.2, 0.25) is 0 Å². The van der Waals surface area contributed by atoms with Gasteiger partial charge in [-0.1, -0.05) is 42.0 Å². The molecular weight excluding hydrogens is 497 g/mol. The Hall–Kier alpha value is -4.44. The molecule has 4 amide bonds. The third-order valence-electron chi connectivity index (χ3n) is 5.18. The molecule has 10 heteroatoms. The summed E-state index contributed by atoms with van der Waals surface area (Å²) in [6.45, 7) is 1.17. The summed E-state index contributed by atoms with van der Waals surface area (Å²) in [6.07, 6.45) is 1.47. The van der Waals surface area contributed by atoms with Crippen molar-refractivity contribution in [2.75, 3.05) is 23.8 Å². The number of benzene rings is 3. The van der Waals surface area contributed by atoms with E-state index < -0.39 is 29.4 Å². The Kier molecular flexibility index (Phi) is 7.99. The van der Waals surface area contributed by atoms with Gasteiger partial charge < -0.3 is 15.4 Å². The molecule has 3 aromatic rings. The van der Waals surface area contributed by atoms with Gasteiger partial charge in [0.15, 0.2) is 6.61 Å². The number of imide groups is 1. The molecule has 0 atom stereocenters. The van der Waals surface area contributed by atoms with Crippen molar-refractivity contribution >= 4 is 52.2 Å². The third-order valence-corrected chi connectivity index (χ3v) is 6.09. The van der Waals surface area contributed by atoms with Gasteiger partial charge in [0.05, 0.1) is 4.91 Å². The molecule has 188 valence electrons. The van der Waals surface area contributed by atoms with E-state index in [1.54, 1.807) is 36.4 Å². The minimum Gasteiger partial charge on any atom is -0.483 e. The average molecular weight is 520 g/mol. The van der Waals surface area contributed by atoms with Crippen LogP contribution in [-0.2, 0) is 14.4 Å². The maximum Gasteiger partial charge on any atom is 0.294 e. The molecule has 0 saturated carbocycles. The topological polar surface area (TPSA) is 105 Å². The number of nitrogens with one attached hydrogen (secondary N) is 2. The molecule has 1 saturated heterocycles. The molecule has 0 aliphatic carbocycles. The maximum atomic E-state index is 13.3. The van der Waals surface area contributed by atoms with Gasteiger partial charge in [-0.2, -0.15) is 0 Å². The molecule has 4 rings (SSSR count). The number of halogens is 1. The minimum atomic E-state index is -0.642. The van der Waals surface area contributed by atoms with Gasteiger partial charge in [-0.15, -0.1) is 0 Å². The number of anilines is 2. The van der Waals surface area contributed by atoms with Crippen LogP contribution in [0.4, 0.5) is 20.6 Å². The molecule has 0 bridgehead atoms. The first-order valence-electron chi connectivity index (χ1n) is 11.2. The Bertz CT molecular complexity index is 1390. The lowest BCUT2D eigenvalue weighted by atomic mass is 10.2. The summed E-state index contributed by atoms with van der Waals surface area (Å²) in [4.78, 5) is 50.8. The normalized spacial score (nSPS) is 14.1. The van der Waals surface area contributed by atoms with E-state index in [1.807, 2.05) is 19.1 Å². The van der Waals surface area contributed by atoms with Crippen LogP contribution in [-0.4, -0.2) is 41.0 Å². The van der Waals surface area contributed by atoms with Gasteiger partial charge in [-0.05, 0) is 61.2 Å². The quantitative estimate of drug-likeness (QED) is 0.413. The number of para-hydroxylation sites is 1. The van der Waals surface area contributed by atoms with Crippen molar-refractivity contribution in [2.45, 2.75) is 6.92 Å². The largest absolute Gasteiger partial charge is 0.483 e. The van der Waals surface area contributed by atoms with E-state index in [0.29, 0.717) is 28.8 Å². The average Bonchev–Trinajstić information content (AvgIpc) is 3.12. The van der Waals surface area contributed by atoms with Crippen LogP contribution in [0.25, 0.3) is 6.08 Å². The predicted molar refractivity (Wildman–Crippen MR) is 139 cm³/mol. The molecular formula is C27H22FN3O5S. The van der Waals surface area contributed by atoms with Gasteiger partial charge in [0, 0.05) is 16.9 Å². The zero-order valence-corrected chi connectivity index (χ0v) is 20.5. The van der Waals surface area contributed by atoms with Crippen molar-refractivity contribution in [2.24, 2.45) is 0 Å².